The van der Waals surface area contributed by atoms with Crippen molar-refractivity contribution in [3.8, 4) is 0 Å². The summed E-state index contributed by atoms with van der Waals surface area (Å²) >= 11 is 0. The van der Waals surface area contributed by atoms with E-state index in [2.05, 4.69) is 55.1 Å². The smallest absolute Gasteiger partial charge is 0.191 e. The van der Waals surface area contributed by atoms with Crippen molar-refractivity contribution in [2.75, 3.05) is 39.3 Å². The summed E-state index contributed by atoms with van der Waals surface area (Å²) in [6, 6.07) is 0.585. The summed E-state index contributed by atoms with van der Waals surface area (Å²) in [4.78, 5) is 7.13. The van der Waals surface area contributed by atoms with Crippen LogP contribution in [0.25, 0.3) is 0 Å². The van der Waals surface area contributed by atoms with Crippen LogP contribution in [0, 0.1) is 0 Å². The average molecular weight is 298 g/mol. The van der Waals surface area contributed by atoms with Crippen LogP contribution in [0.5, 0.6) is 0 Å². The second-order valence-corrected chi connectivity index (χ2v) is 6.25. The highest BCUT2D eigenvalue weighted by Crippen LogP contribution is 2.24. The molecule has 0 aromatic rings. The van der Waals surface area contributed by atoms with Crippen molar-refractivity contribution in [1.82, 2.24) is 15.5 Å². The van der Waals surface area contributed by atoms with E-state index in [0.717, 1.165) is 58.1 Å². The van der Waals surface area contributed by atoms with Gasteiger partial charge in [-0.15, -0.1) is 0 Å². The molecule has 124 valence electrons. The number of hydrogen-bond donors (Lipinski definition) is 2. The van der Waals surface area contributed by atoms with Crippen molar-refractivity contribution in [2.24, 2.45) is 4.99 Å². The van der Waals surface area contributed by atoms with Gasteiger partial charge in [-0.05, 0) is 47.1 Å². The molecule has 2 N–H and O–H groups in total. The summed E-state index contributed by atoms with van der Waals surface area (Å²) in [5.74, 6) is 0.897. The molecule has 1 aliphatic heterocycles. The number of hydrogen-bond acceptors (Lipinski definition) is 3. The van der Waals surface area contributed by atoms with Gasteiger partial charge in [0, 0.05) is 32.3 Å². The molecule has 1 aliphatic rings. The Morgan fingerprint density at radius 2 is 2.10 bits per heavy atom. The molecule has 1 saturated heterocycles. The zero-order valence-corrected chi connectivity index (χ0v) is 14.5. The van der Waals surface area contributed by atoms with E-state index in [4.69, 9.17) is 4.74 Å². The van der Waals surface area contributed by atoms with Crippen LogP contribution in [0.4, 0.5) is 0 Å². The predicted octanol–water partition coefficient (Wildman–Crippen LogP) is 1.84. The molecule has 0 bridgehead atoms. The van der Waals surface area contributed by atoms with Crippen LogP contribution < -0.4 is 10.6 Å². The van der Waals surface area contributed by atoms with E-state index in [-0.39, 0.29) is 5.60 Å². The molecular formula is C16H34N4O. The molecule has 0 aliphatic carbocycles. The highest BCUT2D eigenvalue weighted by atomic mass is 16.5. The van der Waals surface area contributed by atoms with Crippen molar-refractivity contribution in [1.29, 1.82) is 0 Å². The Bertz CT molecular complexity index is 311. The molecule has 0 radical (unpaired) electrons. The minimum atomic E-state index is -0.0737. The Labute approximate surface area is 130 Å². The van der Waals surface area contributed by atoms with E-state index in [0.29, 0.717) is 6.04 Å². The first kappa shape index (κ1) is 18.2. The van der Waals surface area contributed by atoms with Gasteiger partial charge in [0.2, 0.25) is 0 Å². The highest BCUT2D eigenvalue weighted by Gasteiger charge is 2.29. The molecule has 0 aromatic heterocycles. The van der Waals surface area contributed by atoms with Gasteiger partial charge in [-0.1, -0.05) is 6.92 Å². The van der Waals surface area contributed by atoms with E-state index < -0.39 is 0 Å². The number of nitrogens with zero attached hydrogens (tertiary/aromatic N) is 2. The summed E-state index contributed by atoms with van der Waals surface area (Å²) in [6.07, 6.45) is 2.25. The zero-order chi connectivity index (χ0) is 15.7. The van der Waals surface area contributed by atoms with E-state index in [1.165, 1.54) is 0 Å². The second kappa shape index (κ2) is 9.26. The van der Waals surface area contributed by atoms with Crippen LogP contribution in [-0.4, -0.2) is 61.8 Å². The topological polar surface area (TPSA) is 48.9 Å². The second-order valence-electron chi connectivity index (χ2n) is 6.25. The molecule has 1 unspecified atom stereocenters. The summed E-state index contributed by atoms with van der Waals surface area (Å²) in [7, 11) is 0. The number of ether oxygens (including phenoxy) is 1. The summed E-state index contributed by atoms with van der Waals surface area (Å²) in [5, 5.41) is 6.73. The Kier molecular flexibility index (Phi) is 8.04. The minimum absolute atomic E-state index is 0.0737. The van der Waals surface area contributed by atoms with E-state index >= 15 is 0 Å². The van der Waals surface area contributed by atoms with Gasteiger partial charge in [-0.2, -0.15) is 0 Å². The molecule has 0 saturated carbocycles. The van der Waals surface area contributed by atoms with Crippen molar-refractivity contribution >= 4 is 5.96 Å². The Balaban J connectivity index is 2.41. The molecule has 5 nitrogen and oxygen atoms in total. The van der Waals surface area contributed by atoms with Gasteiger partial charge in [0.05, 0.1) is 12.1 Å². The standard InChI is InChI=1S/C16H34N4O/c1-6-17-15(18-10-11-20(7-2)14(3)4)19-13-16(5)9-8-12-21-16/h14H,6-13H2,1-5H3,(H2,17,18,19). The molecule has 0 aromatic carbocycles. The summed E-state index contributed by atoms with van der Waals surface area (Å²) in [5.41, 5.74) is -0.0737. The first-order valence-electron chi connectivity index (χ1n) is 8.41. The van der Waals surface area contributed by atoms with Crippen LogP contribution in [0.2, 0.25) is 0 Å². The molecule has 1 heterocycles. The number of nitrogens with one attached hydrogen (secondary N) is 2. The van der Waals surface area contributed by atoms with Crippen LogP contribution in [0.1, 0.15) is 47.5 Å². The van der Waals surface area contributed by atoms with Gasteiger partial charge >= 0.3 is 0 Å². The lowest BCUT2D eigenvalue weighted by atomic mass is 10.0. The molecule has 21 heavy (non-hydrogen) atoms. The molecular weight excluding hydrogens is 264 g/mol. The van der Waals surface area contributed by atoms with E-state index in [1.54, 1.807) is 0 Å². The third kappa shape index (κ3) is 6.66. The first-order chi connectivity index (χ1) is 10.0. The predicted molar refractivity (Wildman–Crippen MR) is 90.0 cm³/mol. The molecule has 1 fully saturated rings. The zero-order valence-electron chi connectivity index (χ0n) is 14.5. The maximum atomic E-state index is 5.79. The molecule has 1 atom stereocenters. The third-order valence-electron chi connectivity index (χ3n) is 4.04. The Hall–Kier alpha value is -0.810. The number of aliphatic imine (C=N–C) groups is 1. The largest absolute Gasteiger partial charge is 0.373 e. The van der Waals surface area contributed by atoms with Crippen LogP contribution in [0.3, 0.4) is 0 Å². The quantitative estimate of drug-likeness (QED) is 0.530. The minimum Gasteiger partial charge on any atom is -0.373 e. The Morgan fingerprint density at radius 3 is 2.62 bits per heavy atom. The molecule has 5 heteroatoms. The van der Waals surface area contributed by atoms with Crippen LogP contribution in [-0.2, 0) is 4.74 Å². The lowest BCUT2D eigenvalue weighted by molar-refractivity contribution is 0.0283. The summed E-state index contributed by atoms with van der Waals surface area (Å²) in [6.45, 7) is 16.4. The first-order valence-corrected chi connectivity index (χ1v) is 8.41. The molecule has 1 rings (SSSR count). The summed E-state index contributed by atoms with van der Waals surface area (Å²) < 4.78 is 5.79. The fourth-order valence-corrected chi connectivity index (χ4v) is 2.65. The van der Waals surface area contributed by atoms with Gasteiger partial charge in [0.25, 0.3) is 0 Å². The lowest BCUT2D eigenvalue weighted by Crippen LogP contribution is -2.43. The molecule has 0 amide bonds. The van der Waals surface area contributed by atoms with E-state index in [9.17, 15) is 0 Å². The van der Waals surface area contributed by atoms with Gasteiger partial charge in [0.15, 0.2) is 5.96 Å². The average Bonchev–Trinajstić information content (AvgIpc) is 2.87. The van der Waals surface area contributed by atoms with Crippen LogP contribution in [0.15, 0.2) is 4.99 Å². The third-order valence-corrected chi connectivity index (χ3v) is 4.04. The monoisotopic (exact) mass is 298 g/mol. The van der Waals surface area contributed by atoms with Crippen molar-refractivity contribution < 1.29 is 4.74 Å². The number of rotatable bonds is 8. The van der Waals surface area contributed by atoms with Crippen LogP contribution >= 0.6 is 0 Å². The SMILES string of the molecule is CCNC(=NCC1(C)CCCO1)NCCN(CC)C(C)C. The fourth-order valence-electron chi connectivity index (χ4n) is 2.65. The highest BCUT2D eigenvalue weighted by molar-refractivity contribution is 5.79. The maximum Gasteiger partial charge on any atom is 0.191 e. The number of guanidine groups is 1. The normalized spacial score (nSPS) is 23.1. The van der Waals surface area contributed by atoms with Gasteiger partial charge in [-0.3, -0.25) is 9.89 Å². The Morgan fingerprint density at radius 1 is 1.33 bits per heavy atom. The van der Waals surface area contributed by atoms with Gasteiger partial charge in [0.1, 0.15) is 0 Å². The van der Waals surface area contributed by atoms with Gasteiger partial charge < -0.3 is 15.4 Å². The van der Waals surface area contributed by atoms with Gasteiger partial charge in [-0.25, -0.2) is 0 Å². The number of likely N-dealkylation sites (N-methyl/N-ethyl adjacent to an activating group) is 1. The fraction of sp³-hybridized carbons (Fsp3) is 0.938. The van der Waals surface area contributed by atoms with Crippen molar-refractivity contribution in [2.45, 2.75) is 59.1 Å². The van der Waals surface area contributed by atoms with E-state index in [1.807, 2.05) is 0 Å². The van der Waals surface area contributed by atoms with Crippen molar-refractivity contribution in [3.63, 3.8) is 0 Å². The molecule has 0 spiro atoms. The van der Waals surface area contributed by atoms with Crippen molar-refractivity contribution in [3.05, 3.63) is 0 Å². The lowest BCUT2D eigenvalue weighted by Gasteiger charge is -2.25. The maximum absolute atomic E-state index is 5.79.